The number of nitrogens with zero attached hydrogens (tertiary/aromatic N) is 2. The first-order chi connectivity index (χ1) is 11.3. The molecule has 2 heterocycles. The standard InChI is InChI=1S/C12H20N3O8P/c1-20-6-9-8(23-24(18,19)21-2)3-10(22-9)15-4-7(5-16)11(13)14-12(15)17/h4,8-10,16H,3,5-6H2,1-2H3,(H,18,19)(H2,13,14,17)/t8-,9-,10-/m1/s1. The van der Waals surface area contributed by atoms with E-state index in [1.807, 2.05) is 0 Å². The molecule has 0 spiro atoms. The van der Waals surface area contributed by atoms with Crippen LogP contribution in [0.1, 0.15) is 18.2 Å². The van der Waals surface area contributed by atoms with Crippen LogP contribution in [0.15, 0.2) is 11.0 Å². The molecule has 4 N–H and O–H groups in total. The number of methoxy groups -OCH3 is 1. The summed E-state index contributed by atoms with van der Waals surface area (Å²) in [4.78, 5) is 25.1. The maximum absolute atomic E-state index is 12.0. The van der Waals surface area contributed by atoms with Gasteiger partial charge in [0.2, 0.25) is 0 Å². The molecule has 1 aromatic rings. The average molecular weight is 365 g/mol. The molecule has 136 valence electrons. The summed E-state index contributed by atoms with van der Waals surface area (Å²) in [5, 5.41) is 9.24. The Bertz CT molecular complexity index is 681. The third kappa shape index (κ3) is 4.19. The third-order valence-corrected chi connectivity index (χ3v) is 4.55. The van der Waals surface area contributed by atoms with Crippen LogP contribution in [0.25, 0.3) is 0 Å². The second-order valence-corrected chi connectivity index (χ2v) is 6.63. The molecule has 0 aliphatic carbocycles. The molecule has 0 radical (unpaired) electrons. The highest BCUT2D eigenvalue weighted by Gasteiger charge is 2.41. The van der Waals surface area contributed by atoms with Crippen molar-refractivity contribution in [1.82, 2.24) is 9.55 Å². The molecular formula is C12H20N3O8P. The van der Waals surface area contributed by atoms with E-state index >= 15 is 0 Å². The minimum absolute atomic E-state index is 0.0720. The lowest BCUT2D eigenvalue weighted by Crippen LogP contribution is -2.29. The predicted octanol–water partition coefficient (Wildman–Crippen LogP) is -0.616. The lowest BCUT2D eigenvalue weighted by molar-refractivity contribution is -0.0545. The van der Waals surface area contributed by atoms with Crippen LogP contribution >= 0.6 is 7.82 Å². The molecule has 1 saturated heterocycles. The van der Waals surface area contributed by atoms with Crippen LogP contribution < -0.4 is 11.4 Å². The topological polar surface area (TPSA) is 155 Å². The van der Waals surface area contributed by atoms with Gasteiger partial charge in [-0.25, -0.2) is 9.36 Å². The zero-order chi connectivity index (χ0) is 17.9. The molecule has 0 amide bonds. The first-order valence-electron chi connectivity index (χ1n) is 7.01. The SMILES string of the molecule is COC[C@H]1O[C@@H](n2cc(CO)c(N)nc2=O)C[C@H]1OP(=O)(O)OC. The molecule has 0 bridgehead atoms. The third-order valence-electron chi connectivity index (χ3n) is 3.55. The summed E-state index contributed by atoms with van der Waals surface area (Å²) < 4.78 is 32.9. The fourth-order valence-corrected chi connectivity index (χ4v) is 3.01. The molecule has 1 aliphatic heterocycles. The van der Waals surface area contributed by atoms with Gasteiger partial charge in [-0.1, -0.05) is 0 Å². The number of phosphoric acid groups is 1. The van der Waals surface area contributed by atoms with Crippen LogP contribution in [0.2, 0.25) is 0 Å². The van der Waals surface area contributed by atoms with Crippen molar-refractivity contribution in [3.8, 4) is 0 Å². The number of hydrogen-bond acceptors (Lipinski definition) is 9. The Balaban J connectivity index is 2.27. The summed E-state index contributed by atoms with van der Waals surface area (Å²) in [6.45, 7) is -0.322. The van der Waals surface area contributed by atoms with Gasteiger partial charge < -0.3 is 25.2 Å². The number of phosphoric ester groups is 1. The van der Waals surface area contributed by atoms with Gasteiger partial charge >= 0.3 is 13.5 Å². The van der Waals surface area contributed by atoms with Gasteiger partial charge in [0.15, 0.2) is 0 Å². The number of nitrogens with two attached hydrogens (primary N) is 1. The molecule has 12 heteroatoms. The largest absolute Gasteiger partial charge is 0.472 e. The molecule has 0 saturated carbocycles. The number of hydrogen-bond donors (Lipinski definition) is 3. The van der Waals surface area contributed by atoms with E-state index in [2.05, 4.69) is 9.51 Å². The average Bonchev–Trinajstić information content (AvgIpc) is 2.90. The van der Waals surface area contributed by atoms with E-state index in [4.69, 9.17) is 19.7 Å². The van der Waals surface area contributed by atoms with Gasteiger partial charge in [-0.3, -0.25) is 13.6 Å². The Morgan fingerprint density at radius 2 is 2.25 bits per heavy atom. The summed E-state index contributed by atoms with van der Waals surface area (Å²) in [6.07, 6.45) is -0.947. The Hall–Kier alpha value is -1.33. The zero-order valence-corrected chi connectivity index (χ0v) is 14.1. The molecule has 1 unspecified atom stereocenters. The number of aromatic nitrogens is 2. The van der Waals surface area contributed by atoms with Crippen molar-refractivity contribution in [3.05, 3.63) is 22.2 Å². The summed E-state index contributed by atoms with van der Waals surface area (Å²) in [5.41, 5.74) is 5.13. The molecule has 24 heavy (non-hydrogen) atoms. The van der Waals surface area contributed by atoms with Crippen molar-refractivity contribution in [3.63, 3.8) is 0 Å². The number of aliphatic hydroxyl groups is 1. The summed E-state index contributed by atoms with van der Waals surface area (Å²) >= 11 is 0. The van der Waals surface area contributed by atoms with Gasteiger partial charge in [-0.05, 0) is 0 Å². The Morgan fingerprint density at radius 3 is 2.83 bits per heavy atom. The summed E-state index contributed by atoms with van der Waals surface area (Å²) in [5.74, 6) is -0.0720. The van der Waals surface area contributed by atoms with E-state index in [9.17, 15) is 19.4 Å². The number of anilines is 1. The second kappa shape index (κ2) is 7.70. The maximum Gasteiger partial charge on any atom is 0.472 e. The Labute approximate surface area is 137 Å². The fraction of sp³-hybridized carbons (Fsp3) is 0.667. The molecule has 1 aromatic heterocycles. The molecule has 11 nitrogen and oxygen atoms in total. The van der Waals surface area contributed by atoms with Crippen molar-refractivity contribution in [2.75, 3.05) is 26.6 Å². The van der Waals surface area contributed by atoms with Gasteiger partial charge in [-0.15, -0.1) is 0 Å². The zero-order valence-electron chi connectivity index (χ0n) is 13.2. The Kier molecular flexibility index (Phi) is 6.10. The van der Waals surface area contributed by atoms with Gasteiger partial charge in [0.05, 0.1) is 13.2 Å². The molecule has 4 atom stereocenters. The first kappa shape index (κ1) is 19.0. The highest BCUT2D eigenvalue weighted by molar-refractivity contribution is 7.47. The lowest BCUT2D eigenvalue weighted by Gasteiger charge is -2.19. The lowest BCUT2D eigenvalue weighted by atomic mass is 10.2. The normalized spacial score (nSPS) is 26.4. The fourth-order valence-electron chi connectivity index (χ4n) is 2.36. The van der Waals surface area contributed by atoms with Crippen LogP contribution in [0.3, 0.4) is 0 Å². The van der Waals surface area contributed by atoms with Crippen molar-refractivity contribution in [2.24, 2.45) is 0 Å². The van der Waals surface area contributed by atoms with E-state index in [1.54, 1.807) is 0 Å². The van der Waals surface area contributed by atoms with E-state index in [1.165, 1.54) is 13.3 Å². The number of rotatable bonds is 7. The van der Waals surface area contributed by atoms with Gasteiger partial charge in [0.25, 0.3) is 0 Å². The minimum atomic E-state index is -4.24. The summed E-state index contributed by atoms with van der Waals surface area (Å²) in [7, 11) is -1.76. The summed E-state index contributed by atoms with van der Waals surface area (Å²) in [6, 6.07) is 0. The maximum atomic E-state index is 12.0. The highest BCUT2D eigenvalue weighted by Crippen LogP contribution is 2.47. The van der Waals surface area contributed by atoms with Crippen LogP contribution in [0, 0.1) is 0 Å². The van der Waals surface area contributed by atoms with Crippen molar-refractivity contribution in [2.45, 2.75) is 31.5 Å². The van der Waals surface area contributed by atoms with Gasteiger partial charge in [0, 0.05) is 32.4 Å². The second-order valence-electron chi connectivity index (χ2n) is 5.11. The van der Waals surface area contributed by atoms with Gasteiger partial charge in [-0.2, -0.15) is 4.98 Å². The predicted molar refractivity (Wildman–Crippen MR) is 80.9 cm³/mol. The van der Waals surface area contributed by atoms with Crippen LogP contribution in [-0.4, -0.2) is 52.6 Å². The number of nitrogen functional groups attached to an aromatic ring is 1. The molecule has 2 rings (SSSR count). The minimum Gasteiger partial charge on any atom is -0.391 e. The quantitative estimate of drug-likeness (QED) is 0.532. The van der Waals surface area contributed by atoms with Crippen LogP contribution in [-0.2, 0) is 29.7 Å². The van der Waals surface area contributed by atoms with Crippen molar-refractivity contribution in [1.29, 1.82) is 0 Å². The van der Waals surface area contributed by atoms with E-state index in [-0.39, 0.29) is 24.4 Å². The number of aliphatic hydroxyl groups excluding tert-OH is 1. The molecular weight excluding hydrogens is 345 g/mol. The van der Waals surface area contributed by atoms with E-state index in [0.29, 0.717) is 0 Å². The molecule has 1 aliphatic rings. The smallest absolute Gasteiger partial charge is 0.391 e. The molecule has 1 fully saturated rings. The van der Waals surface area contributed by atoms with Crippen LogP contribution in [0.4, 0.5) is 5.82 Å². The van der Waals surface area contributed by atoms with Crippen molar-refractivity contribution >= 4 is 13.6 Å². The van der Waals surface area contributed by atoms with Crippen LogP contribution in [0.5, 0.6) is 0 Å². The number of ether oxygens (including phenoxy) is 2. The van der Waals surface area contributed by atoms with E-state index < -0.39 is 38.6 Å². The van der Waals surface area contributed by atoms with Gasteiger partial charge in [0.1, 0.15) is 24.3 Å². The molecule has 0 aromatic carbocycles. The first-order valence-corrected chi connectivity index (χ1v) is 8.50. The monoisotopic (exact) mass is 365 g/mol. The van der Waals surface area contributed by atoms with Crippen molar-refractivity contribution < 1.29 is 33.1 Å². The Morgan fingerprint density at radius 1 is 1.54 bits per heavy atom. The highest BCUT2D eigenvalue weighted by atomic mass is 31.2. The van der Waals surface area contributed by atoms with E-state index in [0.717, 1.165) is 11.7 Å².